The average molecular weight is 324 g/mol. The summed E-state index contributed by atoms with van der Waals surface area (Å²) in [6.45, 7) is 0.485. The smallest absolute Gasteiger partial charge is 0.335 e. The van der Waals surface area contributed by atoms with Crippen molar-refractivity contribution in [3.8, 4) is 0 Å². The number of nitrogen functional groups attached to an aromatic ring is 2. The highest BCUT2D eigenvalue weighted by Gasteiger charge is 2.09. The maximum Gasteiger partial charge on any atom is 0.335 e. The Morgan fingerprint density at radius 1 is 1.21 bits per heavy atom. The lowest BCUT2D eigenvalue weighted by Gasteiger charge is -2.19. The molecule has 2 heterocycles. The van der Waals surface area contributed by atoms with Crippen molar-refractivity contribution in [1.29, 1.82) is 0 Å². The molecule has 0 aliphatic carbocycles. The zero-order chi connectivity index (χ0) is 17.3. The van der Waals surface area contributed by atoms with Crippen molar-refractivity contribution in [2.45, 2.75) is 6.54 Å². The fourth-order valence-electron chi connectivity index (χ4n) is 2.36. The number of pyridine rings is 1. The van der Waals surface area contributed by atoms with E-state index in [2.05, 4.69) is 15.0 Å². The number of nitrogens with zero attached hydrogens (tertiary/aromatic N) is 4. The molecule has 0 radical (unpaired) electrons. The third-order valence-electron chi connectivity index (χ3n) is 3.58. The normalized spacial score (nSPS) is 10.7. The van der Waals surface area contributed by atoms with E-state index in [9.17, 15) is 4.79 Å². The van der Waals surface area contributed by atoms with E-state index in [-0.39, 0.29) is 11.4 Å². The van der Waals surface area contributed by atoms with Crippen LogP contribution < -0.4 is 16.4 Å². The molecule has 0 aliphatic rings. The Labute approximate surface area is 137 Å². The van der Waals surface area contributed by atoms with Gasteiger partial charge in [-0.2, -0.15) is 0 Å². The second-order valence-electron chi connectivity index (χ2n) is 5.37. The van der Waals surface area contributed by atoms with Crippen molar-refractivity contribution in [3.63, 3.8) is 0 Å². The molecule has 3 rings (SSSR count). The van der Waals surface area contributed by atoms with Crippen LogP contribution in [0.5, 0.6) is 0 Å². The van der Waals surface area contributed by atoms with Crippen LogP contribution in [0, 0.1) is 0 Å². The number of anilines is 3. The minimum Gasteiger partial charge on any atom is -0.478 e. The summed E-state index contributed by atoms with van der Waals surface area (Å²) in [4.78, 5) is 25.6. The minimum absolute atomic E-state index is 0.243. The number of hydrogen-bond donors (Lipinski definition) is 3. The molecule has 0 amide bonds. The van der Waals surface area contributed by atoms with Crippen molar-refractivity contribution in [1.82, 2.24) is 15.0 Å². The molecule has 8 heteroatoms. The molecule has 0 spiro atoms. The molecular formula is C16H16N6O2. The Kier molecular flexibility index (Phi) is 3.87. The number of carboxylic acids is 1. The molecule has 0 aliphatic heterocycles. The molecule has 122 valence electrons. The maximum absolute atomic E-state index is 10.9. The van der Waals surface area contributed by atoms with Crippen molar-refractivity contribution < 1.29 is 9.90 Å². The summed E-state index contributed by atoms with van der Waals surface area (Å²) in [5, 5.41) is 8.94. The fraction of sp³-hybridized carbons (Fsp3) is 0.125. The molecule has 0 bridgehead atoms. The SMILES string of the molecule is CN(Cc1cnc2cc(N)nc(N)c2n1)c1ccc(C(=O)O)cc1. The van der Waals surface area contributed by atoms with Crippen molar-refractivity contribution in [2.75, 3.05) is 23.4 Å². The lowest BCUT2D eigenvalue weighted by molar-refractivity contribution is 0.0697. The van der Waals surface area contributed by atoms with E-state index in [0.29, 0.717) is 29.1 Å². The first kappa shape index (κ1) is 15.5. The highest BCUT2D eigenvalue weighted by molar-refractivity contribution is 5.88. The van der Waals surface area contributed by atoms with Crippen LogP contribution in [0.4, 0.5) is 17.3 Å². The second kappa shape index (κ2) is 5.99. The van der Waals surface area contributed by atoms with Crippen LogP contribution in [0.25, 0.3) is 11.0 Å². The lowest BCUT2D eigenvalue weighted by Crippen LogP contribution is -2.17. The first-order valence-corrected chi connectivity index (χ1v) is 7.16. The molecule has 0 saturated heterocycles. The van der Waals surface area contributed by atoms with Gasteiger partial charge in [-0.05, 0) is 24.3 Å². The average Bonchev–Trinajstić information content (AvgIpc) is 2.55. The third kappa shape index (κ3) is 3.02. The zero-order valence-electron chi connectivity index (χ0n) is 13.0. The summed E-state index contributed by atoms with van der Waals surface area (Å²) in [6.07, 6.45) is 1.66. The largest absolute Gasteiger partial charge is 0.478 e. The summed E-state index contributed by atoms with van der Waals surface area (Å²) in [6, 6.07) is 8.23. The Bertz CT molecular complexity index is 910. The Morgan fingerprint density at radius 2 is 1.92 bits per heavy atom. The maximum atomic E-state index is 10.9. The summed E-state index contributed by atoms with van der Waals surface area (Å²) < 4.78 is 0. The quantitative estimate of drug-likeness (QED) is 0.658. The van der Waals surface area contributed by atoms with Crippen LogP contribution in [0.2, 0.25) is 0 Å². The van der Waals surface area contributed by atoms with Crippen LogP contribution >= 0.6 is 0 Å². The van der Waals surface area contributed by atoms with Gasteiger partial charge in [0, 0.05) is 18.8 Å². The van der Waals surface area contributed by atoms with E-state index in [1.165, 1.54) is 0 Å². The van der Waals surface area contributed by atoms with E-state index >= 15 is 0 Å². The fourth-order valence-corrected chi connectivity index (χ4v) is 2.36. The number of rotatable bonds is 4. The van der Waals surface area contributed by atoms with Crippen molar-refractivity contribution in [2.24, 2.45) is 0 Å². The number of aromatic carboxylic acids is 1. The molecule has 24 heavy (non-hydrogen) atoms. The standard InChI is InChI=1S/C16H16N6O2/c1-22(11-4-2-9(3-5-11)16(23)24)8-10-7-19-12-6-13(17)21-15(18)14(12)20-10/h2-7H,8H2,1H3,(H,23,24)(H4,17,18,21). The van der Waals surface area contributed by atoms with Gasteiger partial charge in [0.1, 0.15) is 11.3 Å². The van der Waals surface area contributed by atoms with Crippen LogP contribution in [0.15, 0.2) is 36.5 Å². The summed E-state index contributed by atoms with van der Waals surface area (Å²) >= 11 is 0. The van der Waals surface area contributed by atoms with Gasteiger partial charge >= 0.3 is 5.97 Å². The van der Waals surface area contributed by atoms with Gasteiger partial charge in [-0.15, -0.1) is 0 Å². The molecule has 0 unspecified atom stereocenters. The predicted octanol–water partition coefficient (Wildman–Crippen LogP) is 1.52. The molecule has 1 aromatic carbocycles. The van der Waals surface area contributed by atoms with Gasteiger partial charge in [-0.25, -0.2) is 14.8 Å². The number of carboxylic acid groups (broad SMARTS) is 1. The molecule has 0 atom stereocenters. The first-order chi connectivity index (χ1) is 11.4. The number of aromatic nitrogens is 3. The van der Waals surface area contributed by atoms with Crippen molar-refractivity contribution >= 4 is 34.3 Å². The number of carbonyl (C=O) groups is 1. The van der Waals surface area contributed by atoms with Crippen LogP contribution in [0.1, 0.15) is 16.1 Å². The minimum atomic E-state index is -0.952. The zero-order valence-corrected chi connectivity index (χ0v) is 13.0. The van der Waals surface area contributed by atoms with Crippen LogP contribution in [0.3, 0.4) is 0 Å². The van der Waals surface area contributed by atoms with Gasteiger partial charge in [0.15, 0.2) is 5.82 Å². The molecule has 0 saturated carbocycles. The number of fused-ring (bicyclic) bond motifs is 1. The molecule has 0 fully saturated rings. The molecule has 8 nitrogen and oxygen atoms in total. The van der Waals surface area contributed by atoms with E-state index in [1.54, 1.807) is 36.5 Å². The molecule has 5 N–H and O–H groups in total. The Balaban J connectivity index is 1.84. The van der Waals surface area contributed by atoms with Crippen molar-refractivity contribution in [3.05, 3.63) is 47.8 Å². The molecular weight excluding hydrogens is 308 g/mol. The van der Waals surface area contributed by atoms with E-state index in [0.717, 1.165) is 5.69 Å². The number of benzene rings is 1. The van der Waals surface area contributed by atoms with Gasteiger partial charge in [0.05, 0.1) is 29.5 Å². The highest BCUT2D eigenvalue weighted by atomic mass is 16.4. The topological polar surface area (TPSA) is 131 Å². The van der Waals surface area contributed by atoms with Gasteiger partial charge in [-0.3, -0.25) is 4.98 Å². The third-order valence-corrected chi connectivity index (χ3v) is 3.58. The highest BCUT2D eigenvalue weighted by Crippen LogP contribution is 2.20. The number of nitrogens with two attached hydrogens (primary N) is 2. The van der Waals surface area contributed by atoms with Crippen LogP contribution in [-0.4, -0.2) is 33.1 Å². The Morgan fingerprint density at radius 3 is 2.58 bits per heavy atom. The second-order valence-corrected chi connectivity index (χ2v) is 5.37. The predicted molar refractivity (Wildman–Crippen MR) is 91.7 cm³/mol. The summed E-state index contributed by atoms with van der Waals surface area (Å²) in [5.41, 5.74) is 14.4. The van der Waals surface area contributed by atoms with E-state index < -0.39 is 5.97 Å². The summed E-state index contributed by atoms with van der Waals surface area (Å²) in [5.74, 6) is -0.405. The first-order valence-electron chi connectivity index (χ1n) is 7.16. The number of hydrogen-bond acceptors (Lipinski definition) is 7. The van der Waals surface area contributed by atoms with Gasteiger partial charge < -0.3 is 21.5 Å². The lowest BCUT2D eigenvalue weighted by atomic mass is 10.2. The Hall–Kier alpha value is -3.42. The van der Waals surface area contributed by atoms with E-state index in [1.807, 2.05) is 11.9 Å². The molecule has 2 aromatic heterocycles. The van der Waals surface area contributed by atoms with Gasteiger partial charge in [0.2, 0.25) is 0 Å². The molecule has 3 aromatic rings. The van der Waals surface area contributed by atoms with Crippen LogP contribution in [-0.2, 0) is 6.54 Å². The van der Waals surface area contributed by atoms with Gasteiger partial charge in [0.25, 0.3) is 0 Å². The summed E-state index contributed by atoms with van der Waals surface area (Å²) in [7, 11) is 1.88. The van der Waals surface area contributed by atoms with E-state index in [4.69, 9.17) is 16.6 Å². The monoisotopic (exact) mass is 324 g/mol. The van der Waals surface area contributed by atoms with Gasteiger partial charge in [-0.1, -0.05) is 0 Å².